The van der Waals surface area contributed by atoms with E-state index in [9.17, 15) is 9.59 Å². The van der Waals surface area contributed by atoms with Gasteiger partial charge in [0.2, 0.25) is 5.91 Å². The topological polar surface area (TPSA) is 46.6 Å². The highest BCUT2D eigenvalue weighted by atomic mass is 16.5. The van der Waals surface area contributed by atoms with Crippen LogP contribution in [-0.2, 0) is 14.3 Å². The molecule has 0 radical (unpaired) electrons. The zero-order valence-electron chi connectivity index (χ0n) is 14.3. The zero-order valence-corrected chi connectivity index (χ0v) is 14.3. The summed E-state index contributed by atoms with van der Waals surface area (Å²) in [4.78, 5) is 26.0. The molecule has 1 saturated heterocycles. The lowest BCUT2D eigenvalue weighted by Gasteiger charge is -2.26. The fourth-order valence-corrected chi connectivity index (χ4v) is 3.29. The fraction of sp³-hybridized carbons (Fsp3) is 0.778. The number of likely N-dealkylation sites (tertiary alicyclic amines) is 1. The average molecular weight is 309 g/mol. The molecule has 0 spiro atoms. The fourth-order valence-electron chi connectivity index (χ4n) is 3.29. The van der Waals surface area contributed by atoms with E-state index in [2.05, 4.69) is 20.4 Å². The zero-order chi connectivity index (χ0) is 16.5. The third kappa shape index (κ3) is 5.47. The van der Waals surface area contributed by atoms with Crippen molar-refractivity contribution in [3.63, 3.8) is 0 Å². The number of ether oxygens (including phenoxy) is 1. The summed E-state index contributed by atoms with van der Waals surface area (Å²) in [7, 11) is 1.39. The van der Waals surface area contributed by atoms with Crippen molar-refractivity contribution in [3.05, 3.63) is 12.7 Å². The van der Waals surface area contributed by atoms with Crippen molar-refractivity contribution in [2.24, 2.45) is 11.8 Å². The maximum Gasteiger partial charge on any atom is 0.328 e. The summed E-state index contributed by atoms with van der Waals surface area (Å²) in [5.74, 6) is 0.825. The van der Waals surface area contributed by atoms with Crippen molar-refractivity contribution in [1.29, 1.82) is 0 Å². The number of allylic oxidation sites excluding steroid dienone is 1. The van der Waals surface area contributed by atoms with Gasteiger partial charge in [0.1, 0.15) is 6.04 Å². The molecule has 0 N–H and O–H groups in total. The molecule has 4 heteroatoms. The molecule has 0 saturated carbocycles. The van der Waals surface area contributed by atoms with Crippen LogP contribution in [0.25, 0.3) is 0 Å². The van der Waals surface area contributed by atoms with Gasteiger partial charge in [-0.05, 0) is 43.9 Å². The number of methoxy groups -OCH3 is 1. The number of nitrogens with zero attached hydrogens (tertiary/aromatic N) is 1. The van der Waals surface area contributed by atoms with Gasteiger partial charge in [0.05, 0.1) is 7.11 Å². The van der Waals surface area contributed by atoms with Crippen molar-refractivity contribution in [2.75, 3.05) is 13.7 Å². The van der Waals surface area contributed by atoms with Crippen LogP contribution in [0.15, 0.2) is 12.7 Å². The van der Waals surface area contributed by atoms with Gasteiger partial charge < -0.3 is 9.64 Å². The third-order valence-corrected chi connectivity index (χ3v) is 4.69. The largest absolute Gasteiger partial charge is 0.467 e. The summed E-state index contributed by atoms with van der Waals surface area (Å²) in [5, 5.41) is 0. The summed E-state index contributed by atoms with van der Waals surface area (Å²) in [6, 6.07) is -0.367. The lowest BCUT2D eigenvalue weighted by molar-refractivity contribution is -0.151. The van der Waals surface area contributed by atoms with E-state index in [1.165, 1.54) is 7.11 Å². The summed E-state index contributed by atoms with van der Waals surface area (Å²) in [5.41, 5.74) is 0. The van der Waals surface area contributed by atoms with E-state index in [4.69, 9.17) is 4.74 Å². The molecule has 1 rings (SSSR count). The Morgan fingerprint density at radius 3 is 2.77 bits per heavy atom. The molecule has 0 bridgehead atoms. The second kappa shape index (κ2) is 9.65. The predicted octanol–water partition coefficient (Wildman–Crippen LogP) is 3.56. The normalized spacial score (nSPS) is 20.5. The van der Waals surface area contributed by atoms with Crippen molar-refractivity contribution in [1.82, 2.24) is 4.90 Å². The van der Waals surface area contributed by atoms with E-state index < -0.39 is 0 Å². The number of hydrogen-bond acceptors (Lipinski definition) is 3. The number of rotatable bonds is 9. The van der Waals surface area contributed by atoms with Gasteiger partial charge in [-0.3, -0.25) is 4.79 Å². The predicted molar refractivity (Wildman–Crippen MR) is 88.4 cm³/mol. The van der Waals surface area contributed by atoms with Gasteiger partial charge in [0.15, 0.2) is 0 Å². The van der Waals surface area contributed by atoms with Crippen LogP contribution in [0.1, 0.15) is 58.8 Å². The summed E-state index contributed by atoms with van der Waals surface area (Å²) >= 11 is 0. The Morgan fingerprint density at radius 1 is 1.45 bits per heavy atom. The lowest BCUT2D eigenvalue weighted by Crippen LogP contribution is -2.41. The second-order valence-electron chi connectivity index (χ2n) is 6.45. The van der Waals surface area contributed by atoms with E-state index in [-0.39, 0.29) is 17.9 Å². The van der Waals surface area contributed by atoms with E-state index in [1.807, 2.05) is 6.08 Å². The molecule has 3 unspecified atom stereocenters. The summed E-state index contributed by atoms with van der Waals surface area (Å²) in [6.45, 7) is 8.82. The molecule has 1 heterocycles. The summed E-state index contributed by atoms with van der Waals surface area (Å²) < 4.78 is 4.81. The molecule has 4 nitrogen and oxygen atoms in total. The Balaban J connectivity index is 2.53. The highest BCUT2D eigenvalue weighted by Crippen LogP contribution is 2.26. The molecule has 1 amide bonds. The molecule has 0 aliphatic carbocycles. The first kappa shape index (κ1) is 18.7. The maximum atomic E-state index is 12.5. The van der Waals surface area contributed by atoms with Crippen LogP contribution in [0.3, 0.4) is 0 Å². The highest BCUT2D eigenvalue weighted by molar-refractivity contribution is 5.85. The average Bonchev–Trinajstić information content (AvgIpc) is 3.00. The van der Waals surface area contributed by atoms with Gasteiger partial charge in [0.25, 0.3) is 0 Å². The molecule has 126 valence electrons. The van der Waals surface area contributed by atoms with E-state index in [0.717, 1.165) is 38.5 Å². The Labute approximate surface area is 134 Å². The molecule has 1 aliphatic rings. The number of carbonyl (C=O) groups is 2. The van der Waals surface area contributed by atoms with Crippen molar-refractivity contribution in [3.8, 4) is 0 Å². The third-order valence-electron chi connectivity index (χ3n) is 4.69. The van der Waals surface area contributed by atoms with E-state index in [1.54, 1.807) is 4.90 Å². The van der Waals surface area contributed by atoms with Crippen LogP contribution >= 0.6 is 0 Å². The molecule has 0 aromatic carbocycles. The van der Waals surface area contributed by atoms with Crippen LogP contribution in [0, 0.1) is 11.8 Å². The molecule has 1 aliphatic heterocycles. The van der Waals surface area contributed by atoms with Crippen LogP contribution < -0.4 is 0 Å². The van der Waals surface area contributed by atoms with E-state index >= 15 is 0 Å². The number of esters is 1. The molecule has 0 aromatic rings. The van der Waals surface area contributed by atoms with Crippen molar-refractivity contribution in [2.45, 2.75) is 64.8 Å². The Kier molecular flexibility index (Phi) is 8.21. The lowest BCUT2D eigenvalue weighted by atomic mass is 9.88. The van der Waals surface area contributed by atoms with Gasteiger partial charge in [-0.15, -0.1) is 6.58 Å². The van der Waals surface area contributed by atoms with Crippen molar-refractivity contribution >= 4 is 11.9 Å². The maximum absolute atomic E-state index is 12.5. The van der Waals surface area contributed by atoms with Gasteiger partial charge in [-0.1, -0.05) is 26.3 Å². The minimum absolute atomic E-state index is 0.107. The number of amides is 1. The van der Waals surface area contributed by atoms with Crippen LogP contribution in [0.4, 0.5) is 0 Å². The van der Waals surface area contributed by atoms with Crippen molar-refractivity contribution < 1.29 is 14.3 Å². The Hall–Kier alpha value is -1.32. The minimum Gasteiger partial charge on any atom is -0.467 e. The van der Waals surface area contributed by atoms with Crippen LogP contribution in [-0.4, -0.2) is 36.5 Å². The summed E-state index contributed by atoms with van der Waals surface area (Å²) in [6.07, 6.45) is 8.33. The van der Waals surface area contributed by atoms with E-state index in [0.29, 0.717) is 24.8 Å². The monoisotopic (exact) mass is 309 g/mol. The first-order chi connectivity index (χ1) is 10.5. The molecular formula is C18H31NO3. The highest BCUT2D eigenvalue weighted by Gasteiger charge is 2.35. The smallest absolute Gasteiger partial charge is 0.328 e. The molecule has 22 heavy (non-hydrogen) atoms. The molecule has 0 aromatic heterocycles. The molecule has 3 atom stereocenters. The van der Waals surface area contributed by atoms with Gasteiger partial charge >= 0.3 is 5.97 Å². The quantitative estimate of drug-likeness (QED) is 0.483. The van der Waals surface area contributed by atoms with Crippen LogP contribution in [0.2, 0.25) is 0 Å². The Morgan fingerprint density at radius 2 is 2.18 bits per heavy atom. The van der Waals surface area contributed by atoms with Gasteiger partial charge in [0, 0.05) is 13.0 Å². The Bertz CT molecular complexity index is 381. The second-order valence-corrected chi connectivity index (χ2v) is 6.45. The molecule has 1 fully saturated rings. The van der Waals surface area contributed by atoms with Gasteiger partial charge in [-0.25, -0.2) is 4.79 Å². The first-order valence-electron chi connectivity index (χ1n) is 8.51. The number of hydrogen-bond donors (Lipinski definition) is 0. The molecular weight excluding hydrogens is 278 g/mol. The van der Waals surface area contributed by atoms with Crippen LogP contribution in [0.5, 0.6) is 0 Å². The standard InChI is InChI=1S/C18H31NO3/c1-5-7-9-14(3)12-15(6-2)13-17(20)19-11-8-10-16(19)18(21)22-4/h5,14-16H,1,6-13H2,2-4H3. The first-order valence-corrected chi connectivity index (χ1v) is 8.51. The van der Waals surface area contributed by atoms with Gasteiger partial charge in [-0.2, -0.15) is 0 Å². The SMILES string of the molecule is C=CCCC(C)CC(CC)CC(=O)N1CCCC1C(=O)OC. The number of carbonyl (C=O) groups excluding carboxylic acids is 2. The minimum atomic E-state index is -0.367.